The summed E-state index contributed by atoms with van der Waals surface area (Å²) in [5, 5.41) is 0. The number of rotatable bonds is 12. The lowest BCUT2D eigenvalue weighted by molar-refractivity contribution is -0.144. The van der Waals surface area contributed by atoms with Gasteiger partial charge in [-0.15, -0.1) is 0 Å². The molecule has 10 nitrogen and oxygen atoms in total. The highest BCUT2D eigenvalue weighted by Gasteiger charge is 2.48. The summed E-state index contributed by atoms with van der Waals surface area (Å²) in [5.74, 6) is 0.171. The van der Waals surface area contributed by atoms with Crippen LogP contribution in [0, 0.1) is 6.92 Å². The van der Waals surface area contributed by atoms with Gasteiger partial charge in [-0.1, -0.05) is 20.8 Å². The van der Waals surface area contributed by atoms with Crippen molar-refractivity contribution in [1.82, 2.24) is 9.55 Å². The second-order valence-electron chi connectivity index (χ2n) is 10.1. The van der Waals surface area contributed by atoms with E-state index in [0.29, 0.717) is 31.1 Å². The van der Waals surface area contributed by atoms with Crippen LogP contribution in [0.1, 0.15) is 52.3 Å². The van der Waals surface area contributed by atoms with Gasteiger partial charge in [-0.25, -0.2) is 14.8 Å². The highest BCUT2D eigenvalue weighted by molar-refractivity contribution is 8.33. The molecule has 35 heavy (non-hydrogen) atoms. The van der Waals surface area contributed by atoms with E-state index >= 15 is 0 Å². The summed E-state index contributed by atoms with van der Waals surface area (Å²) in [6.45, 7) is 10.8. The fourth-order valence-corrected chi connectivity index (χ4v) is 4.36. The Morgan fingerprint density at radius 2 is 1.86 bits per heavy atom. The lowest BCUT2D eigenvalue weighted by Gasteiger charge is -2.45. The quantitative estimate of drug-likeness (QED) is 0.331. The third-order valence-corrected chi connectivity index (χ3v) is 10.5. The molecule has 0 amide bonds. The van der Waals surface area contributed by atoms with Crippen LogP contribution in [0.25, 0.3) is 0 Å². The number of hydrogen-bond donors (Lipinski definition) is 1. The molecule has 1 aromatic rings. The van der Waals surface area contributed by atoms with E-state index in [1.807, 2.05) is 0 Å². The van der Waals surface area contributed by atoms with Crippen molar-refractivity contribution in [2.45, 2.75) is 76.7 Å². The van der Waals surface area contributed by atoms with Crippen LogP contribution < -0.4 is 11.2 Å². The zero-order valence-corrected chi connectivity index (χ0v) is 23.1. The summed E-state index contributed by atoms with van der Waals surface area (Å²) in [6, 6.07) is 0. The van der Waals surface area contributed by atoms with E-state index in [2.05, 4.69) is 38.3 Å². The number of hydrogen-bond acceptors (Lipinski definition) is 8. The van der Waals surface area contributed by atoms with Gasteiger partial charge >= 0.3 is 11.7 Å². The van der Waals surface area contributed by atoms with Gasteiger partial charge in [-0.3, -0.25) is 19.1 Å². The van der Waals surface area contributed by atoms with E-state index in [4.69, 9.17) is 23.7 Å². The number of aryl methyl sites for hydroxylation is 1. The smallest absolute Gasteiger partial charge is 0.330 e. The zero-order valence-electron chi connectivity index (χ0n) is 22.3. The van der Waals surface area contributed by atoms with Crippen molar-refractivity contribution >= 4 is 16.0 Å². The molecule has 1 saturated heterocycles. The van der Waals surface area contributed by atoms with E-state index in [1.165, 1.54) is 10.8 Å². The average Bonchev–Trinajstić information content (AvgIpc) is 3.10. The number of carbonyl (C=O) groups excluding carboxylic acids is 1. The minimum atomic E-state index is -1.17. The monoisotopic (exact) mass is 518 g/mol. The first-order valence-electron chi connectivity index (χ1n) is 11.9. The molecule has 1 aliphatic rings. The molecule has 4 unspecified atom stereocenters. The van der Waals surface area contributed by atoms with Crippen LogP contribution in [0.2, 0.25) is 0 Å². The van der Waals surface area contributed by atoms with E-state index in [0.717, 1.165) is 0 Å². The molecule has 202 valence electrons. The molecule has 0 aromatic carbocycles. The molecule has 0 bridgehead atoms. The predicted molar refractivity (Wildman–Crippen MR) is 136 cm³/mol. The number of H-pyrrole nitrogens is 1. The lowest BCUT2D eigenvalue weighted by atomic mass is 10.1. The summed E-state index contributed by atoms with van der Waals surface area (Å²) in [4.78, 5) is 39.1. The minimum Gasteiger partial charge on any atom is -0.466 e. The van der Waals surface area contributed by atoms with Crippen molar-refractivity contribution in [2.24, 2.45) is 0 Å². The first-order chi connectivity index (χ1) is 16.3. The molecule has 1 fully saturated rings. The Labute approximate surface area is 208 Å². The van der Waals surface area contributed by atoms with Crippen LogP contribution in [0.15, 0.2) is 15.8 Å². The van der Waals surface area contributed by atoms with Crippen molar-refractivity contribution in [2.75, 3.05) is 45.4 Å². The number of nitrogens with zero attached hydrogens (tertiary/aromatic N) is 1. The molecule has 2 heterocycles. The summed E-state index contributed by atoms with van der Waals surface area (Å²) in [7, 11) is 0.411. The van der Waals surface area contributed by atoms with E-state index in [1.54, 1.807) is 21.0 Å². The van der Waals surface area contributed by atoms with Gasteiger partial charge in [-0.05, 0) is 37.5 Å². The number of carbonyl (C=O) groups is 1. The van der Waals surface area contributed by atoms with Gasteiger partial charge in [0.2, 0.25) is 0 Å². The second kappa shape index (κ2) is 12.5. The van der Waals surface area contributed by atoms with Gasteiger partial charge in [-0.2, -0.15) is 0 Å². The number of ether oxygens (including phenoxy) is 5. The first-order valence-corrected chi connectivity index (χ1v) is 14.5. The fraction of sp³-hybridized carbons (Fsp3) is 0.792. The van der Waals surface area contributed by atoms with E-state index in [-0.39, 0.29) is 23.7 Å². The summed E-state index contributed by atoms with van der Waals surface area (Å²) in [6.07, 6.45) is 3.81. The Morgan fingerprint density at radius 1 is 1.17 bits per heavy atom. The molecule has 1 aliphatic heterocycles. The third kappa shape index (κ3) is 7.66. The van der Waals surface area contributed by atoms with Crippen molar-refractivity contribution in [3.8, 4) is 0 Å². The Morgan fingerprint density at radius 3 is 2.46 bits per heavy atom. The standard InChI is InChI=1S/C24H42N2O8S/c1-9-31-18(27)11-10-17-19(33-15-35(7,8)24(3,4)5)20(32-13-12-30-6)22(34-17)26-14-16(2)21(28)25-23(26)29/h14,17,19-20,22H,9-13,15H2,1-8H3,(H,25,28,29). The van der Waals surface area contributed by atoms with Crippen molar-refractivity contribution < 1.29 is 28.5 Å². The summed E-state index contributed by atoms with van der Waals surface area (Å²) >= 11 is 0. The molecule has 0 aliphatic carbocycles. The second-order valence-corrected chi connectivity index (χ2v) is 14.7. The molecular weight excluding hydrogens is 476 g/mol. The molecule has 1 aromatic heterocycles. The molecule has 1 N–H and O–H groups in total. The van der Waals surface area contributed by atoms with Crippen LogP contribution in [-0.2, 0) is 28.5 Å². The fourth-order valence-electron chi connectivity index (χ4n) is 3.50. The van der Waals surface area contributed by atoms with Crippen LogP contribution in [-0.4, -0.2) is 84.0 Å². The molecular formula is C24H42N2O8S. The maximum absolute atomic E-state index is 12.7. The van der Waals surface area contributed by atoms with Crippen LogP contribution in [0.5, 0.6) is 0 Å². The molecule has 0 radical (unpaired) electrons. The number of nitrogens with one attached hydrogen (secondary N) is 1. The van der Waals surface area contributed by atoms with E-state index in [9.17, 15) is 14.4 Å². The third-order valence-electron chi connectivity index (χ3n) is 6.45. The topological polar surface area (TPSA) is 118 Å². The van der Waals surface area contributed by atoms with Gasteiger partial charge in [0.1, 0.15) is 12.2 Å². The van der Waals surface area contributed by atoms with Crippen molar-refractivity contribution in [3.05, 3.63) is 32.6 Å². The average molecular weight is 519 g/mol. The lowest BCUT2D eigenvalue weighted by Crippen LogP contribution is -2.42. The maximum Gasteiger partial charge on any atom is 0.330 e. The summed E-state index contributed by atoms with van der Waals surface area (Å²) < 4.78 is 30.6. The predicted octanol–water partition coefficient (Wildman–Crippen LogP) is 2.32. The SMILES string of the molecule is CCOC(=O)CCC1OC(n2cc(C)c(=O)[nH]c2=O)C(OCCOC)C1OCS(C)(C)C(C)(C)C. The van der Waals surface area contributed by atoms with Gasteiger partial charge in [0.25, 0.3) is 5.56 Å². The number of aromatic nitrogens is 2. The Bertz CT molecular complexity index is 952. The Kier molecular flexibility index (Phi) is 10.6. The van der Waals surface area contributed by atoms with Crippen LogP contribution >= 0.6 is 10.0 Å². The molecule has 11 heteroatoms. The van der Waals surface area contributed by atoms with Crippen molar-refractivity contribution in [3.63, 3.8) is 0 Å². The largest absolute Gasteiger partial charge is 0.466 e. The molecule has 0 spiro atoms. The minimum absolute atomic E-state index is 0.0473. The number of esters is 1. The van der Waals surface area contributed by atoms with Crippen LogP contribution in [0.4, 0.5) is 0 Å². The Hall–Kier alpha value is -1.66. The molecule has 4 atom stereocenters. The molecule has 0 saturated carbocycles. The van der Waals surface area contributed by atoms with Gasteiger partial charge in [0, 0.05) is 25.3 Å². The van der Waals surface area contributed by atoms with Gasteiger partial charge in [0.05, 0.1) is 31.9 Å². The molecule has 2 rings (SSSR count). The number of methoxy groups -OCH3 is 1. The normalized spacial score (nSPS) is 23.4. The highest BCUT2D eigenvalue weighted by atomic mass is 32.3. The maximum atomic E-state index is 12.7. The zero-order chi connectivity index (χ0) is 26.4. The highest BCUT2D eigenvalue weighted by Crippen LogP contribution is 2.53. The first kappa shape index (κ1) is 29.6. The van der Waals surface area contributed by atoms with Crippen LogP contribution in [0.3, 0.4) is 0 Å². The number of aromatic amines is 1. The van der Waals surface area contributed by atoms with Gasteiger partial charge < -0.3 is 23.7 Å². The van der Waals surface area contributed by atoms with E-state index < -0.39 is 45.8 Å². The van der Waals surface area contributed by atoms with Crippen molar-refractivity contribution in [1.29, 1.82) is 0 Å². The summed E-state index contributed by atoms with van der Waals surface area (Å²) in [5.41, 5.74) is -0.686. The van der Waals surface area contributed by atoms with Gasteiger partial charge in [0.15, 0.2) is 6.23 Å². The Balaban J connectivity index is 2.41.